The van der Waals surface area contributed by atoms with E-state index in [1.165, 1.54) is 10.4 Å². The molecule has 0 unspecified atom stereocenters. The topological polar surface area (TPSA) is 63.8 Å². The van der Waals surface area contributed by atoms with E-state index in [1.807, 2.05) is 0 Å². The molecule has 21 heavy (non-hydrogen) atoms. The second-order valence-corrected chi connectivity index (χ2v) is 6.31. The molecule has 0 atom stereocenters. The Balaban J connectivity index is 1.93. The van der Waals surface area contributed by atoms with Gasteiger partial charge in [0.05, 0.1) is 5.39 Å². The Morgan fingerprint density at radius 1 is 1.19 bits per heavy atom. The van der Waals surface area contributed by atoms with Gasteiger partial charge in [-0.05, 0) is 37.1 Å². The zero-order chi connectivity index (χ0) is 14.8. The molecule has 3 aromatic rings. The minimum absolute atomic E-state index is 0.300. The van der Waals surface area contributed by atoms with Crippen LogP contribution in [-0.2, 0) is 6.42 Å². The van der Waals surface area contributed by atoms with Crippen molar-refractivity contribution in [2.45, 2.75) is 26.7 Å². The lowest BCUT2D eigenvalue weighted by molar-refractivity contribution is 0.922. The lowest BCUT2D eigenvalue weighted by atomic mass is 10.1. The predicted molar refractivity (Wildman–Crippen MR) is 90.3 cm³/mol. The Morgan fingerprint density at radius 2 is 1.95 bits per heavy atom. The van der Waals surface area contributed by atoms with Gasteiger partial charge in [0, 0.05) is 10.6 Å². The lowest BCUT2D eigenvalue weighted by Gasteiger charge is -2.08. The van der Waals surface area contributed by atoms with E-state index in [0.717, 1.165) is 34.6 Å². The molecule has 0 bridgehead atoms. The number of hydrogen-bond acceptors (Lipinski definition) is 5. The maximum Gasteiger partial charge on any atom is 0.223 e. The van der Waals surface area contributed by atoms with E-state index < -0.39 is 0 Å². The summed E-state index contributed by atoms with van der Waals surface area (Å²) in [5, 5.41) is 4.36. The molecule has 0 aliphatic heterocycles. The van der Waals surface area contributed by atoms with Crippen LogP contribution in [0.5, 0.6) is 0 Å². The molecule has 0 amide bonds. The monoisotopic (exact) mass is 298 g/mol. The van der Waals surface area contributed by atoms with Crippen LogP contribution in [0.4, 0.5) is 17.5 Å². The van der Waals surface area contributed by atoms with E-state index in [4.69, 9.17) is 5.73 Å². The van der Waals surface area contributed by atoms with Gasteiger partial charge >= 0.3 is 0 Å². The number of anilines is 3. The molecular weight excluding hydrogens is 280 g/mol. The first-order chi connectivity index (χ1) is 10.2. The number of hydrogen-bond donors (Lipinski definition) is 2. The van der Waals surface area contributed by atoms with Crippen molar-refractivity contribution in [2.24, 2.45) is 0 Å². The lowest BCUT2D eigenvalue weighted by Crippen LogP contribution is -2.00. The van der Waals surface area contributed by atoms with E-state index in [1.54, 1.807) is 11.3 Å². The highest BCUT2D eigenvalue weighted by molar-refractivity contribution is 7.18. The van der Waals surface area contributed by atoms with Crippen molar-refractivity contribution < 1.29 is 0 Å². The first-order valence-corrected chi connectivity index (χ1v) is 7.87. The Hall–Kier alpha value is -2.14. The number of thiophene rings is 1. The summed E-state index contributed by atoms with van der Waals surface area (Å²) in [6, 6.07) is 10.5. The van der Waals surface area contributed by atoms with Gasteiger partial charge in [-0.15, -0.1) is 11.3 Å². The Bertz CT molecular complexity index is 762. The molecule has 2 aromatic heterocycles. The van der Waals surface area contributed by atoms with Crippen molar-refractivity contribution in [1.82, 2.24) is 9.97 Å². The number of nitrogens with two attached hydrogens (primary N) is 1. The summed E-state index contributed by atoms with van der Waals surface area (Å²) >= 11 is 1.63. The molecule has 4 nitrogen and oxygen atoms in total. The average molecular weight is 298 g/mol. The van der Waals surface area contributed by atoms with E-state index in [2.05, 4.69) is 59.5 Å². The molecule has 0 aliphatic carbocycles. The van der Waals surface area contributed by atoms with Gasteiger partial charge in [-0.1, -0.05) is 25.5 Å². The van der Waals surface area contributed by atoms with Crippen LogP contribution in [0.3, 0.4) is 0 Å². The first kappa shape index (κ1) is 13.8. The molecule has 1 aromatic carbocycles. The highest BCUT2D eigenvalue weighted by Crippen LogP contribution is 2.30. The summed E-state index contributed by atoms with van der Waals surface area (Å²) in [4.78, 5) is 10.7. The fourth-order valence-corrected chi connectivity index (χ4v) is 3.22. The number of benzene rings is 1. The van der Waals surface area contributed by atoms with Crippen molar-refractivity contribution in [1.29, 1.82) is 0 Å². The summed E-state index contributed by atoms with van der Waals surface area (Å²) in [5.74, 6) is 1.07. The molecule has 0 saturated carbocycles. The highest BCUT2D eigenvalue weighted by atomic mass is 32.1. The predicted octanol–water partition coefficient (Wildman–Crippen LogP) is 4.28. The summed E-state index contributed by atoms with van der Waals surface area (Å²) < 4.78 is 0. The van der Waals surface area contributed by atoms with E-state index >= 15 is 0 Å². The quantitative estimate of drug-likeness (QED) is 0.754. The molecule has 5 heteroatoms. The molecule has 0 aliphatic rings. The average Bonchev–Trinajstić information content (AvgIpc) is 2.81. The van der Waals surface area contributed by atoms with E-state index in [0.29, 0.717) is 5.95 Å². The summed E-state index contributed by atoms with van der Waals surface area (Å²) in [6.45, 7) is 4.25. The Morgan fingerprint density at radius 3 is 2.67 bits per heavy atom. The summed E-state index contributed by atoms with van der Waals surface area (Å²) in [6.07, 6.45) is 2.26. The summed E-state index contributed by atoms with van der Waals surface area (Å²) in [7, 11) is 0. The van der Waals surface area contributed by atoms with Gasteiger partial charge in [0.15, 0.2) is 0 Å². The molecule has 108 valence electrons. The fourth-order valence-electron chi connectivity index (χ4n) is 2.33. The number of aromatic nitrogens is 2. The van der Waals surface area contributed by atoms with Crippen molar-refractivity contribution in [3.05, 3.63) is 40.8 Å². The number of nitrogens with zero attached hydrogens (tertiary/aromatic N) is 2. The standard InChI is InChI=1S/C16H18N4S/c1-3-4-11-5-7-12(8-6-11)18-14-13-9-10(2)21-15(13)20-16(17)19-14/h5-9H,3-4H2,1-2H3,(H3,17,18,19,20). The third kappa shape index (κ3) is 2.97. The van der Waals surface area contributed by atoms with Crippen LogP contribution in [0.25, 0.3) is 10.2 Å². The van der Waals surface area contributed by atoms with Gasteiger partial charge in [0.2, 0.25) is 5.95 Å². The van der Waals surface area contributed by atoms with Crippen LogP contribution < -0.4 is 11.1 Å². The number of rotatable bonds is 4. The van der Waals surface area contributed by atoms with Gasteiger partial charge < -0.3 is 11.1 Å². The van der Waals surface area contributed by atoms with Crippen molar-refractivity contribution in [3.63, 3.8) is 0 Å². The van der Waals surface area contributed by atoms with Gasteiger partial charge in [-0.25, -0.2) is 4.98 Å². The third-order valence-corrected chi connectivity index (χ3v) is 4.23. The van der Waals surface area contributed by atoms with Gasteiger partial charge in [-0.2, -0.15) is 4.98 Å². The van der Waals surface area contributed by atoms with Crippen LogP contribution in [-0.4, -0.2) is 9.97 Å². The van der Waals surface area contributed by atoms with Gasteiger partial charge in [-0.3, -0.25) is 0 Å². The second-order valence-electron chi connectivity index (χ2n) is 5.08. The second kappa shape index (κ2) is 5.69. The van der Waals surface area contributed by atoms with Crippen molar-refractivity contribution in [3.8, 4) is 0 Å². The Kier molecular flexibility index (Phi) is 3.75. The largest absolute Gasteiger partial charge is 0.368 e. The van der Waals surface area contributed by atoms with Crippen LogP contribution in [0.2, 0.25) is 0 Å². The van der Waals surface area contributed by atoms with Crippen LogP contribution in [0, 0.1) is 6.92 Å². The molecule has 0 radical (unpaired) electrons. The number of aryl methyl sites for hydroxylation is 2. The fraction of sp³-hybridized carbons (Fsp3) is 0.250. The first-order valence-electron chi connectivity index (χ1n) is 7.05. The van der Waals surface area contributed by atoms with E-state index in [-0.39, 0.29) is 0 Å². The highest BCUT2D eigenvalue weighted by Gasteiger charge is 2.09. The minimum Gasteiger partial charge on any atom is -0.368 e. The molecule has 0 saturated heterocycles. The van der Waals surface area contributed by atoms with Crippen molar-refractivity contribution >= 4 is 39.0 Å². The zero-order valence-electron chi connectivity index (χ0n) is 12.2. The molecule has 0 spiro atoms. The third-order valence-electron chi connectivity index (χ3n) is 3.29. The molecular formula is C16H18N4S. The number of nitrogen functional groups attached to an aromatic ring is 1. The van der Waals surface area contributed by atoms with Gasteiger partial charge in [0.1, 0.15) is 10.6 Å². The van der Waals surface area contributed by atoms with Crippen molar-refractivity contribution in [2.75, 3.05) is 11.1 Å². The maximum atomic E-state index is 5.80. The van der Waals surface area contributed by atoms with Gasteiger partial charge in [0.25, 0.3) is 0 Å². The zero-order valence-corrected chi connectivity index (χ0v) is 13.0. The smallest absolute Gasteiger partial charge is 0.223 e. The minimum atomic E-state index is 0.300. The number of fused-ring (bicyclic) bond motifs is 1. The van der Waals surface area contributed by atoms with Crippen LogP contribution in [0.1, 0.15) is 23.8 Å². The Labute approximate surface area is 128 Å². The number of nitrogens with one attached hydrogen (secondary N) is 1. The molecule has 3 N–H and O–H groups in total. The normalized spacial score (nSPS) is 11.0. The van der Waals surface area contributed by atoms with Crippen LogP contribution in [0.15, 0.2) is 30.3 Å². The SMILES string of the molecule is CCCc1ccc(Nc2nc(N)nc3sc(C)cc23)cc1. The van der Waals surface area contributed by atoms with Crippen LogP contribution >= 0.6 is 11.3 Å². The molecule has 0 fully saturated rings. The summed E-state index contributed by atoms with van der Waals surface area (Å²) in [5.41, 5.74) is 8.16. The maximum absolute atomic E-state index is 5.80. The van der Waals surface area contributed by atoms with E-state index in [9.17, 15) is 0 Å². The molecule has 2 heterocycles. The molecule has 3 rings (SSSR count).